The highest BCUT2D eigenvalue weighted by Gasteiger charge is 2.31. The van der Waals surface area contributed by atoms with Crippen LogP contribution in [0.15, 0.2) is 32.9 Å². The third-order valence-corrected chi connectivity index (χ3v) is 4.79. The molecular formula is C13H16N2O2S. The van der Waals surface area contributed by atoms with Gasteiger partial charge in [0.2, 0.25) is 0 Å². The zero-order chi connectivity index (χ0) is 11.9. The molecule has 0 aromatic carbocycles. The summed E-state index contributed by atoms with van der Waals surface area (Å²) in [5.74, 6) is 2.11. The predicted molar refractivity (Wildman–Crippen MR) is 70.2 cm³/mol. The molecule has 0 saturated heterocycles. The van der Waals surface area contributed by atoms with Crippen LogP contribution >= 0.6 is 11.8 Å². The highest BCUT2D eigenvalue weighted by Crippen LogP contribution is 2.45. The van der Waals surface area contributed by atoms with E-state index in [0.717, 1.165) is 60.7 Å². The van der Waals surface area contributed by atoms with Crippen molar-refractivity contribution >= 4 is 11.8 Å². The summed E-state index contributed by atoms with van der Waals surface area (Å²) in [6.07, 6.45) is 4.32. The molecule has 96 valence electrons. The van der Waals surface area contributed by atoms with E-state index >= 15 is 0 Å². The standard InChI is InChI=1S/C13H16N2O2S/c1-2-8-6-9-7-10-12(15-4-5-16-10)18-13(9)17-11(8)14-3-1/h14-15H,1-7H2. The lowest BCUT2D eigenvalue weighted by Crippen LogP contribution is -2.30. The number of hydrogen-bond donors (Lipinski definition) is 2. The summed E-state index contributed by atoms with van der Waals surface area (Å²) < 4.78 is 11.8. The van der Waals surface area contributed by atoms with Crippen LogP contribution < -0.4 is 10.6 Å². The molecule has 4 aliphatic rings. The van der Waals surface area contributed by atoms with E-state index in [9.17, 15) is 0 Å². The first-order valence-corrected chi connectivity index (χ1v) is 7.35. The van der Waals surface area contributed by atoms with E-state index in [1.807, 2.05) is 0 Å². The van der Waals surface area contributed by atoms with Gasteiger partial charge in [-0.25, -0.2) is 0 Å². The van der Waals surface area contributed by atoms with Gasteiger partial charge in [0.05, 0.1) is 0 Å². The third kappa shape index (κ3) is 1.68. The second-order valence-corrected chi connectivity index (χ2v) is 5.92. The lowest BCUT2D eigenvalue weighted by molar-refractivity contribution is 0.186. The van der Waals surface area contributed by atoms with Gasteiger partial charge in [-0.2, -0.15) is 0 Å². The number of nitrogens with one attached hydrogen (secondary N) is 2. The van der Waals surface area contributed by atoms with Gasteiger partial charge in [-0.05, 0) is 42.2 Å². The minimum atomic E-state index is 0.776. The fraction of sp³-hybridized carbons (Fsp3) is 0.538. The Balaban J connectivity index is 1.58. The number of ether oxygens (including phenoxy) is 2. The topological polar surface area (TPSA) is 42.5 Å². The molecule has 4 nitrogen and oxygen atoms in total. The van der Waals surface area contributed by atoms with Crippen molar-refractivity contribution in [1.29, 1.82) is 0 Å². The van der Waals surface area contributed by atoms with E-state index in [0.29, 0.717) is 0 Å². The highest BCUT2D eigenvalue weighted by atomic mass is 32.2. The summed E-state index contributed by atoms with van der Waals surface area (Å²) in [6, 6.07) is 0. The molecule has 0 spiro atoms. The number of allylic oxidation sites excluding steroid dienone is 2. The molecule has 2 N–H and O–H groups in total. The zero-order valence-electron chi connectivity index (χ0n) is 10.2. The van der Waals surface area contributed by atoms with Crippen molar-refractivity contribution in [3.8, 4) is 0 Å². The van der Waals surface area contributed by atoms with Crippen molar-refractivity contribution in [2.24, 2.45) is 0 Å². The first kappa shape index (κ1) is 10.7. The molecule has 18 heavy (non-hydrogen) atoms. The molecule has 0 aromatic rings. The Hall–Kier alpha value is -1.23. The van der Waals surface area contributed by atoms with E-state index < -0.39 is 0 Å². The zero-order valence-corrected chi connectivity index (χ0v) is 11.0. The monoisotopic (exact) mass is 264 g/mol. The minimum absolute atomic E-state index is 0.776. The number of hydrogen-bond acceptors (Lipinski definition) is 5. The number of thioether (sulfide) groups is 1. The molecule has 0 radical (unpaired) electrons. The SMILES string of the molecule is C1CNC2=C(C1)CC1=C(O2)SC2=C(C1)OCCN2. The first-order chi connectivity index (χ1) is 8.90. The Morgan fingerprint density at radius 3 is 3.06 bits per heavy atom. The summed E-state index contributed by atoms with van der Waals surface area (Å²) in [6.45, 7) is 2.69. The van der Waals surface area contributed by atoms with E-state index in [4.69, 9.17) is 9.47 Å². The highest BCUT2D eigenvalue weighted by molar-refractivity contribution is 8.06. The average molecular weight is 264 g/mol. The van der Waals surface area contributed by atoms with Gasteiger partial charge in [-0.15, -0.1) is 0 Å². The van der Waals surface area contributed by atoms with Crippen LogP contribution in [-0.2, 0) is 9.47 Å². The molecule has 5 heteroatoms. The maximum atomic E-state index is 6.02. The molecule has 0 bridgehead atoms. The summed E-state index contributed by atoms with van der Waals surface area (Å²) in [7, 11) is 0. The second-order valence-electron chi connectivity index (χ2n) is 4.94. The Labute approximate surface area is 110 Å². The van der Waals surface area contributed by atoms with Gasteiger partial charge in [-0.1, -0.05) is 0 Å². The van der Waals surface area contributed by atoms with Gasteiger partial charge >= 0.3 is 0 Å². The Morgan fingerprint density at radius 1 is 1.06 bits per heavy atom. The molecule has 0 atom stereocenters. The lowest BCUT2D eigenvalue weighted by atomic mass is 9.96. The molecule has 0 unspecified atom stereocenters. The van der Waals surface area contributed by atoms with Crippen molar-refractivity contribution in [2.45, 2.75) is 25.7 Å². The van der Waals surface area contributed by atoms with Crippen LogP contribution in [0.2, 0.25) is 0 Å². The van der Waals surface area contributed by atoms with Crippen molar-refractivity contribution < 1.29 is 9.47 Å². The predicted octanol–water partition coefficient (Wildman–Crippen LogP) is 2.14. The van der Waals surface area contributed by atoms with Gasteiger partial charge in [0, 0.05) is 19.5 Å². The van der Waals surface area contributed by atoms with Crippen LogP contribution in [0.25, 0.3) is 0 Å². The summed E-state index contributed by atoms with van der Waals surface area (Å²) in [5.41, 5.74) is 2.80. The number of rotatable bonds is 0. The fourth-order valence-corrected chi connectivity index (χ4v) is 3.77. The van der Waals surface area contributed by atoms with Crippen LogP contribution in [0.3, 0.4) is 0 Å². The molecule has 0 amide bonds. The van der Waals surface area contributed by atoms with Crippen molar-refractivity contribution in [2.75, 3.05) is 19.7 Å². The Morgan fingerprint density at radius 2 is 2.06 bits per heavy atom. The van der Waals surface area contributed by atoms with E-state index in [1.54, 1.807) is 11.8 Å². The quantitative estimate of drug-likeness (QED) is 0.701. The molecule has 4 heterocycles. The van der Waals surface area contributed by atoms with E-state index in [1.165, 1.54) is 17.6 Å². The lowest BCUT2D eigenvalue weighted by Gasteiger charge is -2.34. The normalized spacial score (nSPS) is 26.2. The van der Waals surface area contributed by atoms with Crippen LogP contribution in [-0.4, -0.2) is 19.7 Å². The van der Waals surface area contributed by atoms with Crippen LogP contribution in [0, 0.1) is 0 Å². The van der Waals surface area contributed by atoms with Crippen LogP contribution in [0.4, 0.5) is 0 Å². The van der Waals surface area contributed by atoms with Crippen LogP contribution in [0.1, 0.15) is 25.7 Å². The Kier molecular flexibility index (Phi) is 2.46. The van der Waals surface area contributed by atoms with E-state index in [2.05, 4.69) is 10.6 Å². The van der Waals surface area contributed by atoms with Gasteiger partial charge in [0.1, 0.15) is 17.4 Å². The largest absolute Gasteiger partial charge is 0.493 e. The van der Waals surface area contributed by atoms with Gasteiger partial charge < -0.3 is 20.1 Å². The average Bonchev–Trinajstić information content (AvgIpc) is 2.42. The maximum Gasteiger partial charge on any atom is 0.193 e. The van der Waals surface area contributed by atoms with Gasteiger partial charge in [-0.3, -0.25) is 0 Å². The van der Waals surface area contributed by atoms with Gasteiger partial charge in [0.15, 0.2) is 11.0 Å². The molecule has 0 fully saturated rings. The van der Waals surface area contributed by atoms with Crippen molar-refractivity contribution in [3.05, 3.63) is 32.9 Å². The molecule has 4 rings (SSSR count). The first-order valence-electron chi connectivity index (χ1n) is 6.53. The smallest absolute Gasteiger partial charge is 0.193 e. The Bertz CT molecular complexity index is 409. The van der Waals surface area contributed by atoms with E-state index in [-0.39, 0.29) is 0 Å². The minimum Gasteiger partial charge on any atom is -0.493 e. The summed E-state index contributed by atoms with van der Waals surface area (Å²) >= 11 is 1.68. The fourth-order valence-electron chi connectivity index (χ4n) is 2.76. The maximum absolute atomic E-state index is 6.02. The van der Waals surface area contributed by atoms with Gasteiger partial charge in [0.25, 0.3) is 0 Å². The van der Waals surface area contributed by atoms with Crippen LogP contribution in [0.5, 0.6) is 0 Å². The summed E-state index contributed by atoms with van der Waals surface area (Å²) in [5, 5.41) is 8.96. The van der Waals surface area contributed by atoms with Crippen molar-refractivity contribution in [3.63, 3.8) is 0 Å². The summed E-state index contributed by atoms with van der Waals surface area (Å²) in [4.78, 5) is 0. The van der Waals surface area contributed by atoms with Crippen molar-refractivity contribution in [1.82, 2.24) is 10.6 Å². The third-order valence-electron chi connectivity index (χ3n) is 3.66. The second kappa shape index (κ2) is 4.16. The molecular weight excluding hydrogens is 248 g/mol. The molecule has 0 aromatic heterocycles. The molecule has 0 aliphatic carbocycles. The molecule has 4 aliphatic heterocycles. The molecule has 0 saturated carbocycles.